The first-order valence-corrected chi connectivity index (χ1v) is 10.6. The normalized spacial score (nSPS) is 16.0. The topological polar surface area (TPSA) is 50.4 Å². The van der Waals surface area contributed by atoms with Gasteiger partial charge in [0.15, 0.2) is 6.61 Å². The largest absolute Gasteiger partial charge is 0.483 e. The second kappa shape index (κ2) is 11.9. The summed E-state index contributed by atoms with van der Waals surface area (Å²) in [5.41, 5.74) is 0.841. The van der Waals surface area contributed by atoms with E-state index in [1.54, 1.807) is 0 Å². The number of nitrogens with one attached hydrogen (secondary N) is 2. The van der Waals surface area contributed by atoms with Crippen molar-refractivity contribution in [3.63, 3.8) is 0 Å². The van der Waals surface area contributed by atoms with Crippen molar-refractivity contribution >= 4 is 34.2 Å². The molecular formula is C21H34BrClN2O2. The van der Waals surface area contributed by atoms with Crippen LogP contribution in [0.2, 0.25) is 0 Å². The van der Waals surface area contributed by atoms with Crippen molar-refractivity contribution in [1.82, 2.24) is 10.6 Å². The van der Waals surface area contributed by atoms with Crippen LogP contribution >= 0.6 is 28.3 Å². The smallest absolute Gasteiger partial charge is 0.258 e. The van der Waals surface area contributed by atoms with Crippen molar-refractivity contribution in [2.24, 2.45) is 0 Å². The third-order valence-electron chi connectivity index (χ3n) is 4.58. The SMILES string of the molecule is CC(C)(C)NC(=O)COc1ccc(Br)cc1CNC1CCCCCCC1.Cl. The molecule has 0 saturated heterocycles. The average molecular weight is 462 g/mol. The highest BCUT2D eigenvalue weighted by atomic mass is 79.9. The molecule has 4 nitrogen and oxygen atoms in total. The number of carbonyl (C=O) groups is 1. The molecule has 0 unspecified atom stereocenters. The molecule has 154 valence electrons. The lowest BCUT2D eigenvalue weighted by atomic mass is 9.96. The highest BCUT2D eigenvalue weighted by molar-refractivity contribution is 9.10. The molecule has 1 aromatic carbocycles. The highest BCUT2D eigenvalue weighted by Crippen LogP contribution is 2.24. The molecule has 6 heteroatoms. The Morgan fingerprint density at radius 1 is 1.15 bits per heavy atom. The highest BCUT2D eigenvalue weighted by Gasteiger charge is 2.16. The molecule has 1 saturated carbocycles. The van der Waals surface area contributed by atoms with E-state index in [4.69, 9.17) is 4.74 Å². The van der Waals surface area contributed by atoms with Crippen LogP contribution in [0.4, 0.5) is 0 Å². The fourth-order valence-electron chi connectivity index (χ4n) is 3.34. The van der Waals surface area contributed by atoms with Crippen LogP contribution in [0.25, 0.3) is 0 Å². The lowest BCUT2D eigenvalue weighted by molar-refractivity contribution is -0.124. The first kappa shape index (κ1) is 24.3. The quantitative estimate of drug-likeness (QED) is 0.599. The van der Waals surface area contributed by atoms with E-state index in [2.05, 4.69) is 32.6 Å². The van der Waals surface area contributed by atoms with Gasteiger partial charge in [-0.25, -0.2) is 0 Å². The zero-order chi connectivity index (χ0) is 19.0. The molecule has 1 amide bonds. The van der Waals surface area contributed by atoms with Crippen LogP contribution in [0.3, 0.4) is 0 Å². The maximum atomic E-state index is 12.0. The van der Waals surface area contributed by atoms with Crippen LogP contribution < -0.4 is 15.4 Å². The number of rotatable bonds is 6. The summed E-state index contributed by atoms with van der Waals surface area (Å²) in [6.07, 6.45) is 9.21. The minimum Gasteiger partial charge on any atom is -0.483 e. The molecule has 0 atom stereocenters. The Bertz CT molecular complexity index is 582. The van der Waals surface area contributed by atoms with Gasteiger partial charge in [-0.05, 0) is 51.8 Å². The predicted molar refractivity (Wildman–Crippen MR) is 118 cm³/mol. The van der Waals surface area contributed by atoms with Gasteiger partial charge in [-0.2, -0.15) is 0 Å². The second-order valence-corrected chi connectivity index (χ2v) is 9.18. The van der Waals surface area contributed by atoms with Gasteiger partial charge < -0.3 is 15.4 Å². The zero-order valence-corrected chi connectivity index (χ0v) is 19.2. The van der Waals surface area contributed by atoms with E-state index in [0.717, 1.165) is 22.3 Å². The van der Waals surface area contributed by atoms with Gasteiger partial charge in [-0.15, -0.1) is 12.4 Å². The van der Waals surface area contributed by atoms with Gasteiger partial charge in [0.25, 0.3) is 5.91 Å². The molecule has 27 heavy (non-hydrogen) atoms. The van der Waals surface area contributed by atoms with Crippen molar-refractivity contribution in [3.05, 3.63) is 28.2 Å². The molecule has 1 aliphatic rings. The molecule has 0 aliphatic heterocycles. The molecule has 1 aliphatic carbocycles. The van der Waals surface area contributed by atoms with E-state index in [1.165, 1.54) is 44.9 Å². The van der Waals surface area contributed by atoms with Crippen molar-refractivity contribution in [1.29, 1.82) is 0 Å². The molecule has 1 fully saturated rings. The number of amides is 1. The summed E-state index contributed by atoms with van der Waals surface area (Å²) in [6, 6.07) is 6.54. The van der Waals surface area contributed by atoms with Crippen molar-refractivity contribution in [3.8, 4) is 5.75 Å². The van der Waals surface area contributed by atoms with Crippen molar-refractivity contribution in [2.75, 3.05) is 6.61 Å². The van der Waals surface area contributed by atoms with E-state index < -0.39 is 0 Å². The fourth-order valence-corrected chi connectivity index (χ4v) is 3.75. The first-order chi connectivity index (χ1) is 12.3. The van der Waals surface area contributed by atoms with Crippen LogP contribution in [-0.2, 0) is 11.3 Å². The average Bonchev–Trinajstić information content (AvgIpc) is 2.51. The maximum absolute atomic E-state index is 12.0. The Balaban J connectivity index is 0.00000364. The number of hydrogen-bond donors (Lipinski definition) is 2. The van der Waals surface area contributed by atoms with Gasteiger partial charge in [0.1, 0.15) is 5.75 Å². The number of carbonyl (C=O) groups excluding carboxylic acids is 1. The molecule has 0 aromatic heterocycles. The predicted octanol–water partition coefficient (Wildman–Crippen LogP) is 5.37. The number of ether oxygens (including phenoxy) is 1. The van der Waals surface area contributed by atoms with Gasteiger partial charge in [0, 0.05) is 28.2 Å². The number of halogens is 2. The maximum Gasteiger partial charge on any atom is 0.258 e. The summed E-state index contributed by atoms with van der Waals surface area (Å²) in [5, 5.41) is 6.63. The van der Waals surface area contributed by atoms with E-state index >= 15 is 0 Å². The van der Waals surface area contributed by atoms with E-state index in [9.17, 15) is 4.79 Å². The summed E-state index contributed by atoms with van der Waals surface area (Å²) in [4.78, 5) is 12.0. The van der Waals surface area contributed by atoms with Crippen molar-refractivity contribution < 1.29 is 9.53 Å². The van der Waals surface area contributed by atoms with Gasteiger partial charge in [0.2, 0.25) is 0 Å². The third-order valence-corrected chi connectivity index (χ3v) is 5.08. The summed E-state index contributed by atoms with van der Waals surface area (Å²) in [6.45, 7) is 6.70. The lowest BCUT2D eigenvalue weighted by Gasteiger charge is -2.22. The molecule has 0 heterocycles. The Kier molecular flexibility index (Phi) is 10.7. The molecular weight excluding hydrogens is 428 g/mol. The number of hydrogen-bond acceptors (Lipinski definition) is 3. The Morgan fingerprint density at radius 2 is 1.78 bits per heavy atom. The molecule has 0 bridgehead atoms. The van der Waals surface area contributed by atoms with Crippen LogP contribution in [0.5, 0.6) is 5.75 Å². The van der Waals surface area contributed by atoms with Gasteiger partial charge in [0.05, 0.1) is 0 Å². The Hall–Kier alpha value is -0.780. The van der Waals surface area contributed by atoms with Gasteiger partial charge in [-0.1, -0.05) is 48.0 Å². The molecule has 1 aromatic rings. The summed E-state index contributed by atoms with van der Waals surface area (Å²) < 4.78 is 6.84. The minimum atomic E-state index is -0.247. The Labute approximate surface area is 178 Å². The van der Waals surface area contributed by atoms with E-state index in [0.29, 0.717) is 6.04 Å². The molecule has 0 radical (unpaired) electrons. The summed E-state index contributed by atoms with van der Waals surface area (Å²) >= 11 is 3.54. The van der Waals surface area contributed by atoms with E-state index in [1.807, 2.05) is 32.9 Å². The molecule has 2 rings (SSSR count). The second-order valence-electron chi connectivity index (χ2n) is 8.26. The zero-order valence-electron chi connectivity index (χ0n) is 16.8. The first-order valence-electron chi connectivity index (χ1n) is 9.79. The minimum absolute atomic E-state index is 0. The summed E-state index contributed by atoms with van der Waals surface area (Å²) in [7, 11) is 0. The summed E-state index contributed by atoms with van der Waals surface area (Å²) in [5.74, 6) is 0.676. The van der Waals surface area contributed by atoms with Gasteiger partial charge >= 0.3 is 0 Å². The van der Waals surface area contributed by atoms with Gasteiger partial charge in [-0.3, -0.25) is 4.79 Å². The fraction of sp³-hybridized carbons (Fsp3) is 0.667. The van der Waals surface area contributed by atoms with Crippen molar-refractivity contribution in [2.45, 2.75) is 83.8 Å². The third kappa shape index (κ3) is 9.82. The van der Waals surface area contributed by atoms with Crippen LogP contribution in [0.15, 0.2) is 22.7 Å². The standard InChI is InChI=1S/C21H33BrN2O2.ClH/c1-21(2,3)24-20(25)15-26-19-12-11-17(22)13-16(19)14-23-18-9-7-5-4-6-8-10-18;/h11-13,18,23H,4-10,14-15H2,1-3H3,(H,24,25);1H. The lowest BCUT2D eigenvalue weighted by Crippen LogP contribution is -2.43. The van der Waals surface area contributed by atoms with Crippen LogP contribution in [-0.4, -0.2) is 24.1 Å². The van der Waals surface area contributed by atoms with E-state index in [-0.39, 0.29) is 30.5 Å². The monoisotopic (exact) mass is 460 g/mol. The molecule has 2 N–H and O–H groups in total. The molecule has 0 spiro atoms. The number of benzene rings is 1. The van der Waals surface area contributed by atoms with Crippen LogP contribution in [0.1, 0.15) is 71.3 Å². The Morgan fingerprint density at radius 3 is 2.41 bits per heavy atom. The van der Waals surface area contributed by atoms with Crippen LogP contribution in [0, 0.1) is 0 Å².